The molecule has 4 heteroatoms. The Morgan fingerprint density at radius 1 is 0.778 bits per heavy atom. The molecule has 3 rings (SSSR count). The topological polar surface area (TPSA) is 32.5 Å². The highest BCUT2D eigenvalue weighted by molar-refractivity contribution is 7.99. The minimum absolute atomic E-state index is 0.467. The summed E-state index contributed by atoms with van der Waals surface area (Å²) in [5.41, 5.74) is 6.00. The van der Waals surface area contributed by atoms with Gasteiger partial charge in [0.25, 0.3) is 0 Å². The van der Waals surface area contributed by atoms with E-state index in [1.165, 1.54) is 69.8 Å². The third-order valence-electron chi connectivity index (χ3n) is 4.99. The molecule has 0 spiro atoms. The monoisotopic (exact) mass is 269 g/mol. The number of rotatable bonds is 2. The summed E-state index contributed by atoms with van der Waals surface area (Å²) in [5, 5.41) is 0. The Morgan fingerprint density at radius 2 is 1.44 bits per heavy atom. The fourth-order valence-electron chi connectivity index (χ4n) is 3.73. The molecule has 1 unspecified atom stereocenters. The number of hydrogen-bond donors (Lipinski definition) is 1. The van der Waals surface area contributed by atoms with Crippen LogP contribution >= 0.6 is 11.8 Å². The smallest absolute Gasteiger partial charge is 0.0235 e. The molecule has 2 N–H and O–H groups in total. The van der Waals surface area contributed by atoms with Crippen LogP contribution in [0.5, 0.6) is 0 Å². The predicted octanol–water partition coefficient (Wildman–Crippen LogP) is 1.38. The van der Waals surface area contributed by atoms with E-state index in [-0.39, 0.29) is 0 Å². The first-order valence-electron chi connectivity index (χ1n) is 7.64. The van der Waals surface area contributed by atoms with Gasteiger partial charge in [0.05, 0.1) is 0 Å². The molecular weight excluding hydrogens is 242 g/mol. The van der Waals surface area contributed by atoms with Gasteiger partial charge in [-0.2, -0.15) is 11.8 Å². The average Bonchev–Trinajstić information content (AvgIpc) is 2.90. The zero-order valence-corrected chi connectivity index (χ0v) is 12.2. The lowest BCUT2D eigenvalue weighted by molar-refractivity contribution is 0.142. The molecule has 0 aromatic carbocycles. The molecule has 3 heterocycles. The van der Waals surface area contributed by atoms with Crippen molar-refractivity contribution >= 4 is 11.8 Å². The van der Waals surface area contributed by atoms with E-state index in [4.69, 9.17) is 5.73 Å². The van der Waals surface area contributed by atoms with Crippen molar-refractivity contribution in [1.29, 1.82) is 0 Å². The van der Waals surface area contributed by atoms with Crippen LogP contribution in [0.2, 0.25) is 0 Å². The maximum absolute atomic E-state index is 6.00. The highest BCUT2D eigenvalue weighted by Crippen LogP contribution is 2.27. The molecule has 3 aliphatic heterocycles. The fraction of sp³-hybridized carbons (Fsp3) is 1.00. The molecule has 0 aromatic rings. The van der Waals surface area contributed by atoms with Crippen molar-refractivity contribution in [3.63, 3.8) is 0 Å². The fourth-order valence-corrected chi connectivity index (χ4v) is 4.81. The zero-order chi connectivity index (χ0) is 12.4. The Labute approximate surface area is 115 Å². The van der Waals surface area contributed by atoms with E-state index in [9.17, 15) is 0 Å². The second kappa shape index (κ2) is 6.12. The largest absolute Gasteiger partial charge is 0.328 e. The van der Waals surface area contributed by atoms with Gasteiger partial charge in [-0.1, -0.05) is 0 Å². The van der Waals surface area contributed by atoms with Crippen LogP contribution in [0, 0.1) is 0 Å². The Balaban J connectivity index is 1.48. The second-order valence-electron chi connectivity index (χ2n) is 6.15. The first-order chi connectivity index (χ1) is 8.83. The van der Waals surface area contributed by atoms with Crippen molar-refractivity contribution < 1.29 is 0 Å². The summed E-state index contributed by atoms with van der Waals surface area (Å²) in [7, 11) is 0. The van der Waals surface area contributed by atoms with E-state index < -0.39 is 0 Å². The Morgan fingerprint density at radius 3 is 2.17 bits per heavy atom. The lowest BCUT2D eigenvalue weighted by atomic mass is 10.0. The summed E-state index contributed by atoms with van der Waals surface area (Å²) < 4.78 is 0. The van der Waals surface area contributed by atoms with E-state index in [1.54, 1.807) is 0 Å². The van der Waals surface area contributed by atoms with Gasteiger partial charge in [-0.15, -0.1) is 0 Å². The number of nitrogens with two attached hydrogens (primary N) is 1. The van der Waals surface area contributed by atoms with Gasteiger partial charge in [0.2, 0.25) is 0 Å². The third-order valence-corrected chi connectivity index (χ3v) is 6.04. The van der Waals surface area contributed by atoms with Crippen molar-refractivity contribution in [3.8, 4) is 0 Å². The van der Waals surface area contributed by atoms with E-state index in [2.05, 4.69) is 21.6 Å². The van der Waals surface area contributed by atoms with Gasteiger partial charge < -0.3 is 5.73 Å². The van der Waals surface area contributed by atoms with Crippen LogP contribution in [-0.4, -0.2) is 65.6 Å². The molecule has 0 amide bonds. The maximum atomic E-state index is 6.00. The molecular formula is C14H27N3S. The van der Waals surface area contributed by atoms with Crippen LogP contribution in [-0.2, 0) is 0 Å². The summed E-state index contributed by atoms with van der Waals surface area (Å²) in [6, 6.07) is 2.18. The van der Waals surface area contributed by atoms with Crippen LogP contribution in [0.15, 0.2) is 0 Å². The molecule has 3 nitrogen and oxygen atoms in total. The van der Waals surface area contributed by atoms with E-state index in [0.29, 0.717) is 6.04 Å². The molecule has 0 radical (unpaired) electrons. The molecule has 3 fully saturated rings. The van der Waals surface area contributed by atoms with E-state index >= 15 is 0 Å². The minimum Gasteiger partial charge on any atom is -0.328 e. The van der Waals surface area contributed by atoms with Crippen LogP contribution in [0.25, 0.3) is 0 Å². The predicted molar refractivity (Wildman–Crippen MR) is 79.1 cm³/mol. The van der Waals surface area contributed by atoms with Crippen LogP contribution in [0.4, 0.5) is 0 Å². The SMILES string of the molecule is NC1CCN(C2CCN(C3CCSCC3)C2)CC1. The Bertz CT molecular complexity index is 260. The van der Waals surface area contributed by atoms with Gasteiger partial charge in [0.15, 0.2) is 0 Å². The van der Waals surface area contributed by atoms with Gasteiger partial charge in [-0.3, -0.25) is 9.80 Å². The normalized spacial score (nSPS) is 34.2. The molecule has 0 aromatic heterocycles. The van der Waals surface area contributed by atoms with Crippen molar-refractivity contribution in [3.05, 3.63) is 0 Å². The van der Waals surface area contributed by atoms with E-state index in [1.807, 2.05) is 0 Å². The van der Waals surface area contributed by atoms with Gasteiger partial charge >= 0.3 is 0 Å². The lowest BCUT2D eigenvalue weighted by Gasteiger charge is -2.36. The number of likely N-dealkylation sites (tertiary alicyclic amines) is 2. The summed E-state index contributed by atoms with van der Waals surface area (Å²) >= 11 is 2.14. The molecule has 0 aliphatic carbocycles. The van der Waals surface area contributed by atoms with Gasteiger partial charge in [0, 0.05) is 31.2 Å². The minimum atomic E-state index is 0.467. The van der Waals surface area contributed by atoms with Crippen LogP contribution in [0.1, 0.15) is 32.1 Å². The number of piperidine rings is 1. The van der Waals surface area contributed by atoms with Gasteiger partial charge in [-0.25, -0.2) is 0 Å². The maximum Gasteiger partial charge on any atom is 0.0235 e. The first-order valence-corrected chi connectivity index (χ1v) is 8.80. The summed E-state index contributed by atoms with van der Waals surface area (Å²) in [4.78, 5) is 5.49. The quantitative estimate of drug-likeness (QED) is 0.821. The van der Waals surface area contributed by atoms with Crippen molar-refractivity contribution in [2.24, 2.45) is 5.73 Å². The molecule has 0 bridgehead atoms. The number of nitrogens with zero attached hydrogens (tertiary/aromatic N) is 2. The van der Waals surface area contributed by atoms with Crippen molar-refractivity contribution in [1.82, 2.24) is 9.80 Å². The lowest BCUT2D eigenvalue weighted by Crippen LogP contribution is -2.47. The molecule has 0 saturated carbocycles. The molecule has 18 heavy (non-hydrogen) atoms. The van der Waals surface area contributed by atoms with Crippen molar-refractivity contribution in [2.75, 3.05) is 37.7 Å². The highest BCUT2D eigenvalue weighted by atomic mass is 32.2. The average molecular weight is 269 g/mol. The van der Waals surface area contributed by atoms with Crippen molar-refractivity contribution in [2.45, 2.75) is 50.2 Å². The summed E-state index contributed by atoms with van der Waals surface area (Å²) in [6.45, 7) is 5.13. The number of hydrogen-bond acceptors (Lipinski definition) is 4. The Kier molecular flexibility index (Phi) is 4.50. The third kappa shape index (κ3) is 3.03. The molecule has 104 valence electrons. The first kappa shape index (κ1) is 13.2. The number of thioether (sulfide) groups is 1. The summed E-state index contributed by atoms with van der Waals surface area (Å²) in [6.07, 6.45) is 6.64. The molecule has 3 saturated heterocycles. The van der Waals surface area contributed by atoms with Gasteiger partial charge in [-0.05, 0) is 56.7 Å². The van der Waals surface area contributed by atoms with Crippen LogP contribution < -0.4 is 5.73 Å². The second-order valence-corrected chi connectivity index (χ2v) is 7.38. The van der Waals surface area contributed by atoms with Crippen LogP contribution in [0.3, 0.4) is 0 Å². The standard InChI is InChI=1S/C14H27N3S/c15-12-1-6-16(7-2-12)14-3-8-17(11-14)13-4-9-18-10-5-13/h12-14H,1-11,15H2. The van der Waals surface area contributed by atoms with E-state index in [0.717, 1.165) is 12.1 Å². The zero-order valence-electron chi connectivity index (χ0n) is 11.4. The highest BCUT2D eigenvalue weighted by Gasteiger charge is 2.33. The Hall–Kier alpha value is 0.230. The van der Waals surface area contributed by atoms with Gasteiger partial charge in [0.1, 0.15) is 0 Å². The summed E-state index contributed by atoms with van der Waals surface area (Å²) in [5.74, 6) is 2.76. The molecule has 1 atom stereocenters. The molecule has 3 aliphatic rings.